The summed E-state index contributed by atoms with van der Waals surface area (Å²) in [4.78, 5) is 11.8. The number of esters is 1. The highest BCUT2D eigenvalue weighted by Crippen LogP contribution is 2.22. The van der Waals surface area contributed by atoms with E-state index >= 15 is 0 Å². The normalized spacial score (nSPS) is 10.1. The van der Waals surface area contributed by atoms with Crippen LogP contribution in [0.25, 0.3) is 0 Å². The highest BCUT2D eigenvalue weighted by atomic mass is 16.5. The van der Waals surface area contributed by atoms with Crippen molar-refractivity contribution >= 4 is 11.7 Å². The molecule has 0 saturated heterocycles. The number of unbranched alkanes of at least 4 members (excludes halogenated alkanes) is 1. The molecule has 0 bridgehead atoms. The summed E-state index contributed by atoms with van der Waals surface area (Å²) in [5.41, 5.74) is 6.54. The number of rotatable bonds is 7. The van der Waals surface area contributed by atoms with Crippen LogP contribution in [0.4, 0.5) is 5.69 Å². The SMILES string of the molecule is COCCCCOC(=O)c1ccc(N)cc1OC. The van der Waals surface area contributed by atoms with Crippen molar-refractivity contribution in [3.05, 3.63) is 23.8 Å². The summed E-state index contributed by atoms with van der Waals surface area (Å²) < 4.78 is 15.1. The first-order valence-corrected chi connectivity index (χ1v) is 5.78. The van der Waals surface area contributed by atoms with Crippen LogP contribution in [-0.2, 0) is 9.47 Å². The molecule has 0 atom stereocenters. The molecule has 0 saturated carbocycles. The summed E-state index contributed by atoms with van der Waals surface area (Å²) in [5, 5.41) is 0. The van der Waals surface area contributed by atoms with Crippen LogP contribution in [-0.4, -0.2) is 33.4 Å². The van der Waals surface area contributed by atoms with Crippen LogP contribution >= 0.6 is 0 Å². The van der Waals surface area contributed by atoms with Crippen molar-refractivity contribution < 1.29 is 19.0 Å². The maximum Gasteiger partial charge on any atom is 0.341 e. The Morgan fingerprint density at radius 1 is 1.22 bits per heavy atom. The van der Waals surface area contributed by atoms with Crippen molar-refractivity contribution in [1.29, 1.82) is 0 Å². The third-order valence-corrected chi connectivity index (χ3v) is 2.42. The van der Waals surface area contributed by atoms with Crippen LogP contribution in [0.15, 0.2) is 18.2 Å². The number of ether oxygens (including phenoxy) is 3. The second-order valence-corrected chi connectivity index (χ2v) is 3.80. The van der Waals surface area contributed by atoms with Crippen LogP contribution in [0, 0.1) is 0 Å². The standard InChI is InChI=1S/C13H19NO4/c1-16-7-3-4-8-18-13(15)11-6-5-10(14)9-12(11)17-2/h5-6,9H,3-4,7-8,14H2,1-2H3. The third-order valence-electron chi connectivity index (χ3n) is 2.42. The van der Waals surface area contributed by atoms with Crippen molar-refractivity contribution in [3.63, 3.8) is 0 Å². The molecular formula is C13H19NO4. The minimum absolute atomic E-state index is 0.371. The molecule has 18 heavy (non-hydrogen) atoms. The highest BCUT2D eigenvalue weighted by Gasteiger charge is 2.13. The Morgan fingerprint density at radius 3 is 2.61 bits per heavy atom. The van der Waals surface area contributed by atoms with Crippen LogP contribution in [0.3, 0.4) is 0 Å². The van der Waals surface area contributed by atoms with E-state index in [2.05, 4.69) is 0 Å². The summed E-state index contributed by atoms with van der Waals surface area (Å²) in [5.74, 6) is 0.0289. The molecule has 0 radical (unpaired) electrons. The van der Waals surface area contributed by atoms with Gasteiger partial charge in [0, 0.05) is 25.5 Å². The summed E-state index contributed by atoms with van der Waals surface area (Å²) in [6, 6.07) is 4.84. The molecule has 0 aliphatic rings. The number of nitrogens with two attached hydrogens (primary N) is 1. The molecule has 100 valence electrons. The van der Waals surface area contributed by atoms with Crippen molar-refractivity contribution in [2.45, 2.75) is 12.8 Å². The van der Waals surface area contributed by atoms with E-state index in [0.717, 1.165) is 12.8 Å². The number of carbonyl (C=O) groups excluding carboxylic acids is 1. The van der Waals surface area contributed by atoms with E-state index in [-0.39, 0.29) is 0 Å². The van der Waals surface area contributed by atoms with Gasteiger partial charge < -0.3 is 19.9 Å². The largest absolute Gasteiger partial charge is 0.496 e. The summed E-state index contributed by atoms with van der Waals surface area (Å²) in [7, 11) is 3.13. The monoisotopic (exact) mass is 253 g/mol. The van der Waals surface area contributed by atoms with Gasteiger partial charge in [0.25, 0.3) is 0 Å². The lowest BCUT2D eigenvalue weighted by atomic mass is 10.2. The van der Waals surface area contributed by atoms with Gasteiger partial charge in [-0.1, -0.05) is 0 Å². The number of benzene rings is 1. The second kappa shape index (κ2) is 7.55. The molecule has 0 heterocycles. The zero-order chi connectivity index (χ0) is 13.4. The van der Waals surface area contributed by atoms with Gasteiger partial charge >= 0.3 is 5.97 Å². The van der Waals surface area contributed by atoms with Crippen LogP contribution in [0.2, 0.25) is 0 Å². The molecule has 2 N–H and O–H groups in total. The fourth-order valence-electron chi connectivity index (χ4n) is 1.47. The van der Waals surface area contributed by atoms with Crippen molar-refractivity contribution in [2.75, 3.05) is 33.2 Å². The summed E-state index contributed by atoms with van der Waals surface area (Å²) in [6.07, 6.45) is 1.64. The van der Waals surface area contributed by atoms with E-state index in [9.17, 15) is 4.79 Å². The maximum atomic E-state index is 11.8. The van der Waals surface area contributed by atoms with E-state index in [0.29, 0.717) is 30.2 Å². The van der Waals surface area contributed by atoms with Gasteiger partial charge in [0.05, 0.1) is 13.7 Å². The number of methoxy groups -OCH3 is 2. The zero-order valence-electron chi connectivity index (χ0n) is 10.8. The maximum absolute atomic E-state index is 11.8. The topological polar surface area (TPSA) is 70.8 Å². The average Bonchev–Trinajstić information content (AvgIpc) is 2.38. The van der Waals surface area contributed by atoms with Gasteiger partial charge in [-0.15, -0.1) is 0 Å². The van der Waals surface area contributed by atoms with Crippen molar-refractivity contribution in [1.82, 2.24) is 0 Å². The lowest BCUT2D eigenvalue weighted by Gasteiger charge is -2.09. The van der Waals surface area contributed by atoms with Crippen molar-refractivity contribution in [2.24, 2.45) is 0 Å². The van der Waals surface area contributed by atoms with Gasteiger partial charge in [-0.2, -0.15) is 0 Å². The van der Waals surface area contributed by atoms with Gasteiger partial charge in [0.2, 0.25) is 0 Å². The van der Waals surface area contributed by atoms with Crippen LogP contribution < -0.4 is 10.5 Å². The molecule has 0 aliphatic heterocycles. The van der Waals surface area contributed by atoms with Gasteiger partial charge in [-0.05, 0) is 25.0 Å². The quantitative estimate of drug-likeness (QED) is 0.456. The first kappa shape index (κ1) is 14.3. The molecule has 0 fully saturated rings. The number of hydrogen-bond donors (Lipinski definition) is 1. The van der Waals surface area contributed by atoms with E-state index in [4.69, 9.17) is 19.9 Å². The fourth-order valence-corrected chi connectivity index (χ4v) is 1.47. The Kier molecular flexibility index (Phi) is 6.00. The number of hydrogen-bond acceptors (Lipinski definition) is 5. The second-order valence-electron chi connectivity index (χ2n) is 3.80. The molecule has 1 aromatic rings. The lowest BCUT2D eigenvalue weighted by molar-refractivity contribution is 0.0485. The van der Waals surface area contributed by atoms with E-state index < -0.39 is 5.97 Å². The van der Waals surface area contributed by atoms with Gasteiger partial charge in [-0.3, -0.25) is 0 Å². The third kappa shape index (κ3) is 4.25. The Hall–Kier alpha value is -1.75. The molecule has 5 heteroatoms. The Labute approximate surface area is 107 Å². The molecule has 0 aliphatic carbocycles. The molecular weight excluding hydrogens is 234 g/mol. The summed E-state index contributed by atoms with van der Waals surface area (Å²) in [6.45, 7) is 1.04. The van der Waals surface area contributed by atoms with Crippen molar-refractivity contribution in [3.8, 4) is 5.75 Å². The first-order valence-electron chi connectivity index (χ1n) is 5.78. The van der Waals surface area contributed by atoms with Gasteiger partial charge in [0.1, 0.15) is 11.3 Å². The Morgan fingerprint density at radius 2 is 1.94 bits per heavy atom. The van der Waals surface area contributed by atoms with E-state index in [1.165, 1.54) is 7.11 Å². The smallest absolute Gasteiger partial charge is 0.341 e. The Balaban J connectivity index is 2.51. The molecule has 1 rings (SSSR count). The molecule has 5 nitrogen and oxygen atoms in total. The first-order chi connectivity index (χ1) is 8.69. The lowest BCUT2D eigenvalue weighted by Crippen LogP contribution is -2.09. The van der Waals surface area contributed by atoms with Gasteiger partial charge in [0.15, 0.2) is 0 Å². The van der Waals surface area contributed by atoms with Crippen LogP contribution in [0.1, 0.15) is 23.2 Å². The molecule has 0 unspecified atom stereocenters. The Bertz CT molecular complexity index is 393. The zero-order valence-corrected chi connectivity index (χ0v) is 10.8. The van der Waals surface area contributed by atoms with Crippen LogP contribution in [0.5, 0.6) is 5.75 Å². The fraction of sp³-hybridized carbons (Fsp3) is 0.462. The minimum Gasteiger partial charge on any atom is -0.496 e. The molecule has 0 spiro atoms. The van der Waals surface area contributed by atoms with E-state index in [1.807, 2.05) is 0 Å². The number of carbonyl (C=O) groups is 1. The number of anilines is 1. The predicted octanol–water partition coefficient (Wildman–Crippen LogP) is 1.86. The predicted molar refractivity (Wildman–Crippen MR) is 68.8 cm³/mol. The number of nitrogen functional groups attached to an aromatic ring is 1. The average molecular weight is 253 g/mol. The van der Waals surface area contributed by atoms with E-state index in [1.54, 1.807) is 25.3 Å². The summed E-state index contributed by atoms with van der Waals surface area (Å²) >= 11 is 0. The molecule has 1 aromatic carbocycles. The molecule has 0 amide bonds. The molecule has 0 aromatic heterocycles. The minimum atomic E-state index is -0.399. The highest BCUT2D eigenvalue weighted by molar-refractivity contribution is 5.93. The van der Waals surface area contributed by atoms with Gasteiger partial charge in [-0.25, -0.2) is 4.79 Å².